The van der Waals surface area contributed by atoms with Gasteiger partial charge in [0.1, 0.15) is 5.82 Å². The molecule has 3 unspecified atom stereocenters. The summed E-state index contributed by atoms with van der Waals surface area (Å²) in [6.07, 6.45) is 11.6. The molecule has 0 radical (unpaired) electrons. The molecule has 2 aromatic carbocycles. The van der Waals surface area contributed by atoms with Crippen LogP contribution in [0.4, 0.5) is 9.18 Å². The number of benzene rings is 2. The van der Waals surface area contributed by atoms with Crippen molar-refractivity contribution in [2.75, 3.05) is 6.54 Å². The summed E-state index contributed by atoms with van der Waals surface area (Å²) in [5, 5.41) is 8.07. The molecular weight excluding hydrogens is 513 g/mol. The fourth-order valence-electron chi connectivity index (χ4n) is 6.62. The maximum Gasteiger partial charge on any atom is 0.318 e. The Labute approximate surface area is 240 Å². The van der Waals surface area contributed by atoms with E-state index >= 15 is 0 Å². The minimum atomic E-state index is -0.251. The van der Waals surface area contributed by atoms with E-state index in [1.54, 1.807) is 24.5 Å². The van der Waals surface area contributed by atoms with Crippen LogP contribution in [0.2, 0.25) is 0 Å². The highest BCUT2D eigenvalue weighted by Gasteiger charge is 2.46. The summed E-state index contributed by atoms with van der Waals surface area (Å²) in [7, 11) is 0. The Morgan fingerprint density at radius 3 is 2.61 bits per heavy atom. The summed E-state index contributed by atoms with van der Waals surface area (Å²) in [6.45, 7) is 5.55. The number of rotatable bonds is 8. The van der Waals surface area contributed by atoms with Gasteiger partial charge in [-0.25, -0.2) is 13.9 Å². The average Bonchev–Trinajstić information content (AvgIpc) is 3.54. The van der Waals surface area contributed by atoms with Crippen LogP contribution < -0.4 is 5.32 Å². The van der Waals surface area contributed by atoms with Crippen LogP contribution in [0.3, 0.4) is 0 Å². The summed E-state index contributed by atoms with van der Waals surface area (Å²) >= 11 is 0. The molecule has 2 aliphatic rings. The fourth-order valence-corrected chi connectivity index (χ4v) is 6.62. The Morgan fingerprint density at radius 2 is 1.88 bits per heavy atom. The molecule has 0 saturated heterocycles. The highest BCUT2D eigenvalue weighted by molar-refractivity contribution is 5.74. The predicted octanol–water partition coefficient (Wildman–Crippen LogP) is 7.13. The van der Waals surface area contributed by atoms with E-state index in [1.165, 1.54) is 23.3 Å². The first-order chi connectivity index (χ1) is 19.9. The number of nitrogens with one attached hydrogen (secondary N) is 1. The van der Waals surface area contributed by atoms with Crippen LogP contribution in [-0.2, 0) is 13.0 Å². The number of nitrogens with zero attached hydrogens (tertiary/aromatic N) is 4. The van der Waals surface area contributed by atoms with Crippen LogP contribution in [0.1, 0.15) is 61.5 Å². The lowest BCUT2D eigenvalue weighted by Crippen LogP contribution is -2.42. The predicted molar refractivity (Wildman–Crippen MR) is 159 cm³/mol. The number of aromatic nitrogens is 3. The summed E-state index contributed by atoms with van der Waals surface area (Å²) in [6, 6.07) is 20.6. The minimum absolute atomic E-state index is 0.0110. The van der Waals surface area contributed by atoms with Crippen LogP contribution in [0, 0.1) is 17.2 Å². The number of amides is 2. The van der Waals surface area contributed by atoms with Crippen molar-refractivity contribution in [3.63, 3.8) is 0 Å². The maximum atomic E-state index is 13.6. The molecule has 0 aliphatic heterocycles. The number of carbonyl (C=O) groups excluding carboxylic acids is 1. The van der Waals surface area contributed by atoms with Crippen molar-refractivity contribution in [2.24, 2.45) is 11.3 Å². The van der Waals surface area contributed by atoms with Crippen molar-refractivity contribution >= 4 is 12.1 Å². The van der Waals surface area contributed by atoms with E-state index in [0.29, 0.717) is 19.0 Å². The lowest BCUT2D eigenvalue weighted by atomic mass is 9.68. The maximum absolute atomic E-state index is 13.6. The number of urea groups is 1. The molecule has 3 atom stereocenters. The van der Waals surface area contributed by atoms with E-state index in [0.717, 1.165) is 48.2 Å². The molecule has 0 spiro atoms. The molecular formula is C34H36FN5O. The molecule has 4 aromatic rings. The first-order valence-corrected chi connectivity index (χ1v) is 14.5. The number of hydrogen-bond donors (Lipinski definition) is 1. The topological polar surface area (TPSA) is 63.1 Å². The Hall–Kier alpha value is -4.26. The van der Waals surface area contributed by atoms with Gasteiger partial charge in [0.25, 0.3) is 0 Å². The number of halogens is 1. The van der Waals surface area contributed by atoms with Crippen molar-refractivity contribution in [1.82, 2.24) is 25.0 Å². The first-order valence-electron chi connectivity index (χ1n) is 14.5. The van der Waals surface area contributed by atoms with Crippen LogP contribution in [-0.4, -0.2) is 32.2 Å². The van der Waals surface area contributed by atoms with Crippen molar-refractivity contribution in [1.29, 1.82) is 0 Å². The van der Waals surface area contributed by atoms with Gasteiger partial charge in [0.05, 0.1) is 23.6 Å². The highest BCUT2D eigenvalue weighted by Crippen LogP contribution is 2.55. The number of fused-ring (bicyclic) bond motifs is 2. The van der Waals surface area contributed by atoms with Crippen LogP contribution >= 0.6 is 0 Å². The van der Waals surface area contributed by atoms with E-state index in [9.17, 15) is 9.18 Å². The molecule has 6 rings (SSSR count). The second-order valence-corrected chi connectivity index (χ2v) is 11.5. The smallest absolute Gasteiger partial charge is 0.318 e. The van der Waals surface area contributed by atoms with Gasteiger partial charge in [-0.3, -0.25) is 4.98 Å². The lowest BCUT2D eigenvalue weighted by molar-refractivity contribution is 0.184. The summed E-state index contributed by atoms with van der Waals surface area (Å²) in [4.78, 5) is 19.5. The molecule has 0 bridgehead atoms. The Bertz CT molecular complexity index is 1530. The number of allylic oxidation sites excluding steroid dienone is 1. The average molecular weight is 550 g/mol. The van der Waals surface area contributed by atoms with E-state index in [-0.39, 0.29) is 23.3 Å². The largest absolute Gasteiger partial charge is 0.331 e. The molecule has 2 aliphatic carbocycles. The molecule has 7 heteroatoms. The van der Waals surface area contributed by atoms with Crippen molar-refractivity contribution in [3.05, 3.63) is 119 Å². The third-order valence-corrected chi connectivity index (χ3v) is 9.03. The number of carbonyl (C=O) groups is 1. The van der Waals surface area contributed by atoms with Gasteiger partial charge >= 0.3 is 6.03 Å². The van der Waals surface area contributed by atoms with E-state index in [4.69, 9.17) is 0 Å². The number of hydrogen-bond acceptors (Lipinski definition) is 3. The summed E-state index contributed by atoms with van der Waals surface area (Å²) in [5.74, 6) is 0.149. The third-order valence-electron chi connectivity index (χ3n) is 9.03. The Morgan fingerprint density at radius 1 is 1.12 bits per heavy atom. The first kappa shape index (κ1) is 26.9. The lowest BCUT2D eigenvalue weighted by Gasteiger charge is -2.38. The van der Waals surface area contributed by atoms with Crippen molar-refractivity contribution in [2.45, 2.75) is 52.1 Å². The SMILES string of the molecule is CCN(Cc1ccncc1)C(=O)NC(CC1CCC2=Cc3c(cnn3-c3ccc(F)cc3)CC21C)c1ccccc1. The third kappa shape index (κ3) is 5.41. The van der Waals surface area contributed by atoms with Crippen molar-refractivity contribution < 1.29 is 9.18 Å². The zero-order valence-electron chi connectivity index (χ0n) is 23.6. The van der Waals surface area contributed by atoms with Gasteiger partial charge < -0.3 is 10.2 Å². The normalized spacial score (nSPS) is 20.1. The standard InChI is InChI=1S/C34H36FN5O/c1-3-39(23-24-15-17-36-18-16-24)33(41)38-31(25-7-5-4-6-8-25)19-27-9-10-28-20-32-26(21-34(27,28)2)22-37-40(32)30-13-11-29(35)12-14-30/h4-8,11-18,20,22,27,31H,3,9-10,19,21,23H2,1-2H3,(H,38,41). The molecule has 1 N–H and O–H groups in total. The Balaban J connectivity index is 1.23. The molecule has 1 fully saturated rings. The molecule has 2 heterocycles. The second kappa shape index (κ2) is 11.3. The Kier molecular flexibility index (Phi) is 7.43. The molecule has 6 nitrogen and oxygen atoms in total. The van der Waals surface area contributed by atoms with E-state index in [2.05, 4.69) is 40.5 Å². The molecule has 41 heavy (non-hydrogen) atoms. The molecule has 1 saturated carbocycles. The van der Waals surface area contributed by atoms with Crippen molar-refractivity contribution in [3.8, 4) is 5.69 Å². The van der Waals surface area contributed by atoms with Gasteiger partial charge in [0, 0.05) is 25.5 Å². The summed E-state index contributed by atoms with van der Waals surface area (Å²) < 4.78 is 15.5. The molecule has 2 aromatic heterocycles. The number of pyridine rings is 1. The van der Waals surface area contributed by atoms with Gasteiger partial charge in [0.15, 0.2) is 0 Å². The van der Waals surface area contributed by atoms with Crippen LogP contribution in [0.15, 0.2) is 90.9 Å². The van der Waals surface area contributed by atoms with Gasteiger partial charge in [-0.1, -0.05) is 42.8 Å². The van der Waals surface area contributed by atoms with Gasteiger partial charge in [-0.15, -0.1) is 0 Å². The second-order valence-electron chi connectivity index (χ2n) is 11.5. The quantitative estimate of drug-likeness (QED) is 0.254. The highest BCUT2D eigenvalue weighted by atomic mass is 19.1. The monoisotopic (exact) mass is 549 g/mol. The van der Waals surface area contributed by atoms with E-state index < -0.39 is 0 Å². The fraction of sp³-hybridized carbons (Fsp3) is 0.324. The van der Waals surface area contributed by atoms with Gasteiger partial charge in [-0.2, -0.15) is 5.10 Å². The zero-order valence-corrected chi connectivity index (χ0v) is 23.6. The van der Waals surface area contributed by atoms with E-state index in [1.807, 2.05) is 53.0 Å². The van der Waals surface area contributed by atoms with Gasteiger partial charge in [-0.05, 0) is 103 Å². The van der Waals surface area contributed by atoms with Crippen LogP contribution in [0.25, 0.3) is 11.8 Å². The summed E-state index contributed by atoms with van der Waals surface area (Å²) in [5.41, 5.74) is 6.78. The minimum Gasteiger partial charge on any atom is -0.331 e. The molecule has 2 amide bonds. The molecule has 210 valence electrons. The van der Waals surface area contributed by atoms with Gasteiger partial charge in [0.2, 0.25) is 0 Å². The van der Waals surface area contributed by atoms with Crippen LogP contribution in [0.5, 0.6) is 0 Å². The zero-order chi connectivity index (χ0) is 28.4.